The number of hydrogen-bond acceptors (Lipinski definition) is 4. The van der Waals surface area contributed by atoms with E-state index in [1.54, 1.807) is 16.4 Å². The summed E-state index contributed by atoms with van der Waals surface area (Å²) in [6.45, 7) is 10.7. The second-order valence-electron chi connectivity index (χ2n) is 7.17. The number of esters is 1. The summed E-state index contributed by atoms with van der Waals surface area (Å²) in [7, 11) is 1.34. The summed E-state index contributed by atoms with van der Waals surface area (Å²) in [5.41, 5.74) is 2.31. The summed E-state index contributed by atoms with van der Waals surface area (Å²) in [6.07, 6.45) is 5.90. The van der Waals surface area contributed by atoms with E-state index in [2.05, 4.69) is 6.92 Å². The molecule has 0 saturated heterocycles. The number of nitrogens with zero attached hydrogens (tertiary/aromatic N) is 2. The molecule has 0 spiro atoms. The molecule has 1 aromatic heterocycles. The number of ether oxygens (including phenoxy) is 1. The second kappa shape index (κ2) is 11.7. The van der Waals surface area contributed by atoms with Crippen LogP contribution in [0.1, 0.15) is 91.4 Å². The van der Waals surface area contributed by atoms with E-state index in [1.165, 1.54) is 20.0 Å². The average molecular weight is 393 g/mol. The van der Waals surface area contributed by atoms with Crippen LogP contribution < -0.4 is 0 Å². The van der Waals surface area contributed by atoms with E-state index in [0.29, 0.717) is 36.3 Å². The van der Waals surface area contributed by atoms with E-state index in [4.69, 9.17) is 4.74 Å². The van der Waals surface area contributed by atoms with Crippen LogP contribution in [0.4, 0.5) is 0 Å². The zero-order valence-electron chi connectivity index (χ0n) is 18.4. The summed E-state index contributed by atoms with van der Waals surface area (Å²) in [6, 6.07) is 0. The molecule has 0 aliphatic carbocycles. The second-order valence-corrected chi connectivity index (χ2v) is 7.17. The van der Waals surface area contributed by atoms with Crippen molar-refractivity contribution in [1.82, 2.24) is 9.47 Å². The zero-order valence-corrected chi connectivity index (χ0v) is 18.4. The molecule has 0 unspecified atom stereocenters. The van der Waals surface area contributed by atoms with E-state index >= 15 is 0 Å². The highest BCUT2D eigenvalue weighted by molar-refractivity contribution is 6.04. The molecule has 1 rings (SSSR count). The number of amides is 1. The molecule has 0 bridgehead atoms. The van der Waals surface area contributed by atoms with Crippen molar-refractivity contribution in [2.75, 3.05) is 20.2 Å². The predicted octanol–water partition coefficient (Wildman–Crippen LogP) is 4.30. The monoisotopic (exact) mass is 392 g/mol. The molecule has 0 N–H and O–H groups in total. The molecule has 0 atom stereocenters. The van der Waals surface area contributed by atoms with Gasteiger partial charge in [-0.1, -0.05) is 32.6 Å². The highest BCUT2D eigenvalue weighted by Crippen LogP contribution is 2.24. The van der Waals surface area contributed by atoms with Gasteiger partial charge in [0.25, 0.3) is 0 Å². The Hall–Kier alpha value is -2.11. The first kappa shape index (κ1) is 23.9. The lowest BCUT2D eigenvalue weighted by atomic mass is 10.0. The lowest BCUT2D eigenvalue weighted by Crippen LogP contribution is -2.35. The van der Waals surface area contributed by atoms with Crippen molar-refractivity contribution in [2.45, 2.75) is 79.7 Å². The van der Waals surface area contributed by atoms with Gasteiger partial charge in [0.15, 0.2) is 5.78 Å². The minimum atomic E-state index is -0.447. The first-order valence-electron chi connectivity index (χ1n) is 10.4. The Morgan fingerprint density at radius 2 is 1.64 bits per heavy atom. The van der Waals surface area contributed by atoms with Crippen molar-refractivity contribution < 1.29 is 19.1 Å². The molecular formula is C22H36N2O4. The third-order valence-corrected chi connectivity index (χ3v) is 5.30. The van der Waals surface area contributed by atoms with Crippen LogP contribution in [0.15, 0.2) is 0 Å². The van der Waals surface area contributed by atoms with Crippen molar-refractivity contribution >= 4 is 17.7 Å². The fraction of sp³-hybridized carbons (Fsp3) is 0.682. The Morgan fingerprint density at radius 3 is 2.18 bits per heavy atom. The van der Waals surface area contributed by atoms with Crippen LogP contribution in [-0.2, 0) is 16.1 Å². The number of carbonyl (C=O) groups is 3. The van der Waals surface area contributed by atoms with Gasteiger partial charge in [0.2, 0.25) is 5.91 Å². The fourth-order valence-electron chi connectivity index (χ4n) is 3.73. The van der Waals surface area contributed by atoms with Gasteiger partial charge in [-0.05, 0) is 39.7 Å². The minimum Gasteiger partial charge on any atom is -0.464 e. The number of aromatic nitrogens is 1. The Morgan fingerprint density at radius 1 is 1.00 bits per heavy atom. The van der Waals surface area contributed by atoms with E-state index in [-0.39, 0.29) is 18.2 Å². The molecule has 28 heavy (non-hydrogen) atoms. The molecule has 6 nitrogen and oxygen atoms in total. The lowest BCUT2D eigenvalue weighted by molar-refractivity contribution is -0.130. The smallest absolute Gasteiger partial charge is 0.354 e. The highest BCUT2D eigenvalue weighted by atomic mass is 16.5. The van der Waals surface area contributed by atoms with Crippen molar-refractivity contribution in [1.29, 1.82) is 0 Å². The summed E-state index contributed by atoms with van der Waals surface area (Å²) in [4.78, 5) is 39.3. The minimum absolute atomic E-state index is 0.0192. The van der Waals surface area contributed by atoms with Gasteiger partial charge in [0.1, 0.15) is 5.69 Å². The van der Waals surface area contributed by atoms with Gasteiger partial charge >= 0.3 is 5.97 Å². The Labute approximate surface area is 169 Å². The summed E-state index contributed by atoms with van der Waals surface area (Å²) >= 11 is 0. The van der Waals surface area contributed by atoms with Crippen LogP contribution in [0.3, 0.4) is 0 Å². The maximum absolute atomic E-state index is 13.0. The van der Waals surface area contributed by atoms with Crippen LogP contribution in [-0.4, -0.2) is 47.3 Å². The standard InChI is InChI=1S/C22H36N2O4/c1-7-10-11-12-13-14-19(26)23(8-2)15-18(25)20-16(4)21(22(27)28-6)24(9-3)17(20)5/h7-15H2,1-6H3. The first-order valence-corrected chi connectivity index (χ1v) is 10.4. The van der Waals surface area contributed by atoms with Gasteiger partial charge < -0.3 is 14.2 Å². The van der Waals surface area contributed by atoms with E-state index in [9.17, 15) is 14.4 Å². The number of hydrogen-bond donors (Lipinski definition) is 0. The lowest BCUT2D eigenvalue weighted by Gasteiger charge is -2.20. The molecule has 1 heterocycles. The molecule has 0 fully saturated rings. The summed E-state index contributed by atoms with van der Waals surface area (Å²) in [5, 5.41) is 0. The van der Waals surface area contributed by atoms with Gasteiger partial charge in [-0.25, -0.2) is 4.79 Å². The molecule has 0 saturated carbocycles. The third-order valence-electron chi connectivity index (χ3n) is 5.30. The molecule has 158 valence electrons. The van der Waals surface area contributed by atoms with Crippen molar-refractivity contribution in [3.63, 3.8) is 0 Å². The Bertz CT molecular complexity index is 691. The average Bonchev–Trinajstić information content (AvgIpc) is 2.94. The molecular weight excluding hydrogens is 356 g/mol. The molecule has 1 amide bonds. The van der Waals surface area contributed by atoms with Crippen molar-refractivity contribution in [2.24, 2.45) is 0 Å². The molecule has 0 aliphatic rings. The van der Waals surface area contributed by atoms with E-state index in [0.717, 1.165) is 25.0 Å². The van der Waals surface area contributed by atoms with Crippen LogP contribution in [0, 0.1) is 13.8 Å². The predicted molar refractivity (Wildman–Crippen MR) is 111 cm³/mol. The maximum atomic E-state index is 13.0. The van der Waals surface area contributed by atoms with Gasteiger partial charge in [-0.15, -0.1) is 0 Å². The number of carbonyl (C=O) groups excluding carboxylic acids is 3. The molecule has 0 radical (unpaired) electrons. The van der Waals surface area contributed by atoms with Gasteiger partial charge in [0.05, 0.1) is 13.7 Å². The number of methoxy groups -OCH3 is 1. The van der Waals surface area contributed by atoms with Crippen LogP contribution in [0.2, 0.25) is 0 Å². The third kappa shape index (κ3) is 5.69. The Kier molecular flexibility index (Phi) is 9.97. The number of ketones is 1. The number of likely N-dealkylation sites (N-methyl/N-ethyl adjacent to an activating group) is 1. The molecule has 0 aromatic carbocycles. The number of unbranched alkanes of at least 4 members (excludes halogenated alkanes) is 4. The topological polar surface area (TPSA) is 68.6 Å². The first-order chi connectivity index (χ1) is 13.3. The largest absolute Gasteiger partial charge is 0.464 e. The molecule has 6 heteroatoms. The summed E-state index contributed by atoms with van der Waals surface area (Å²) in [5.74, 6) is -0.559. The normalized spacial score (nSPS) is 10.8. The van der Waals surface area contributed by atoms with Gasteiger partial charge in [-0.3, -0.25) is 9.59 Å². The van der Waals surface area contributed by atoms with Crippen LogP contribution in [0.25, 0.3) is 0 Å². The zero-order chi connectivity index (χ0) is 21.3. The van der Waals surface area contributed by atoms with Crippen LogP contribution >= 0.6 is 0 Å². The maximum Gasteiger partial charge on any atom is 0.354 e. The van der Waals surface area contributed by atoms with Gasteiger partial charge in [-0.2, -0.15) is 0 Å². The fourth-order valence-corrected chi connectivity index (χ4v) is 3.73. The Balaban J connectivity index is 2.92. The molecule has 1 aromatic rings. The number of Topliss-reactive ketones (excluding diaryl/α,β-unsaturated/α-hetero) is 1. The summed E-state index contributed by atoms with van der Waals surface area (Å²) < 4.78 is 6.69. The quantitative estimate of drug-likeness (QED) is 0.302. The SMILES string of the molecule is CCCCCCCC(=O)N(CC)CC(=O)c1c(C)c(C(=O)OC)n(CC)c1C. The van der Waals surface area contributed by atoms with Crippen molar-refractivity contribution in [3.05, 3.63) is 22.5 Å². The van der Waals surface area contributed by atoms with Crippen LogP contribution in [0.5, 0.6) is 0 Å². The van der Waals surface area contributed by atoms with Gasteiger partial charge in [0, 0.05) is 30.8 Å². The highest BCUT2D eigenvalue weighted by Gasteiger charge is 2.27. The number of rotatable bonds is 12. The van der Waals surface area contributed by atoms with E-state index < -0.39 is 5.97 Å². The molecule has 0 aliphatic heterocycles. The van der Waals surface area contributed by atoms with E-state index in [1.807, 2.05) is 20.8 Å². The van der Waals surface area contributed by atoms with Crippen molar-refractivity contribution in [3.8, 4) is 0 Å².